The fraction of sp³-hybridized carbons (Fsp3) is 0.0417. The van der Waals surface area contributed by atoms with Crippen molar-refractivity contribution in [2.75, 3.05) is 0 Å². The van der Waals surface area contributed by atoms with Gasteiger partial charge in [0.05, 0.1) is 44.6 Å². The van der Waals surface area contributed by atoms with Crippen LogP contribution in [0, 0.1) is 0 Å². The second kappa shape index (κ2) is 9.93. The maximum absolute atomic E-state index is 5.58. The van der Waals surface area contributed by atoms with Crippen LogP contribution >= 0.6 is 0 Å². The lowest BCUT2D eigenvalue weighted by Crippen LogP contribution is -2.24. The topological polar surface area (TPSA) is 35.6 Å². The Labute approximate surface area is 299 Å². The molecule has 5 heterocycles. The highest BCUT2D eigenvalue weighted by Gasteiger charge is 2.45. The molecule has 3 aliphatic rings. The van der Waals surface area contributed by atoms with E-state index in [0.717, 1.165) is 45.3 Å². The van der Waals surface area contributed by atoms with Crippen molar-refractivity contribution in [2.24, 2.45) is 0 Å². The molecule has 242 valence electrons. The van der Waals surface area contributed by atoms with Gasteiger partial charge in [0.25, 0.3) is 0 Å². The molecular formula is C48H30N4. The van der Waals surface area contributed by atoms with E-state index in [1.807, 2.05) is 0 Å². The number of aromatic nitrogens is 4. The van der Waals surface area contributed by atoms with Gasteiger partial charge in [0.15, 0.2) is 5.82 Å². The molecule has 0 N–H and O–H groups in total. The van der Waals surface area contributed by atoms with E-state index in [1.165, 1.54) is 60.3 Å². The molecule has 0 radical (unpaired) electrons. The number of fused-ring (bicyclic) bond motifs is 8. The summed E-state index contributed by atoms with van der Waals surface area (Å²) in [5, 5.41) is 5.02. The molecule has 0 saturated heterocycles. The largest absolute Gasteiger partial charge is 0.309 e. The van der Waals surface area contributed by atoms with Gasteiger partial charge in [-0.1, -0.05) is 109 Å². The number of hydrogen-bond donors (Lipinski definition) is 0. The van der Waals surface area contributed by atoms with Crippen LogP contribution in [0.1, 0.15) is 23.7 Å². The lowest BCUT2D eigenvalue weighted by atomic mass is 9.76. The van der Waals surface area contributed by atoms with Crippen molar-refractivity contribution in [1.82, 2.24) is 19.1 Å². The standard InChI is InChI=1S/C48H30N4/c1-48-30-24-25-39-35(28-30)43-41(27-26-40-42(43)33-19-9-12-22-37(33)51(40)31-16-6-3-7-17-31)52(39)38-23-13-10-20-34(38)47-49-45(29-14-4-2-5-15-29)44(46(48)50-47)32-18-8-11-21-36(32)48/h2-28H,1H3. The highest BCUT2D eigenvalue weighted by Crippen LogP contribution is 2.56. The minimum Gasteiger partial charge on any atom is -0.309 e. The van der Waals surface area contributed by atoms with Crippen molar-refractivity contribution in [3.8, 4) is 45.1 Å². The second-order valence-electron chi connectivity index (χ2n) is 14.3. The third kappa shape index (κ3) is 3.41. The molecule has 52 heavy (non-hydrogen) atoms. The molecule has 3 aromatic heterocycles. The first-order chi connectivity index (χ1) is 25.7. The minimum atomic E-state index is -0.513. The first kappa shape index (κ1) is 28.0. The van der Waals surface area contributed by atoms with Crippen LogP contribution < -0.4 is 0 Å². The van der Waals surface area contributed by atoms with Crippen molar-refractivity contribution in [3.05, 3.63) is 181 Å². The number of hydrogen-bond acceptors (Lipinski definition) is 2. The van der Waals surface area contributed by atoms with Gasteiger partial charge in [-0.25, -0.2) is 9.97 Å². The van der Waals surface area contributed by atoms with Gasteiger partial charge in [0.2, 0.25) is 0 Å². The van der Waals surface area contributed by atoms with Crippen LogP contribution in [0.25, 0.3) is 88.8 Å². The van der Waals surface area contributed by atoms with E-state index in [4.69, 9.17) is 9.97 Å². The lowest BCUT2D eigenvalue weighted by Gasteiger charge is -2.27. The summed E-state index contributed by atoms with van der Waals surface area (Å²) in [5.41, 5.74) is 15.4. The van der Waals surface area contributed by atoms with Crippen LogP contribution in [0.3, 0.4) is 0 Å². The summed E-state index contributed by atoms with van der Waals surface area (Å²) in [6.45, 7) is 2.37. The van der Waals surface area contributed by atoms with Crippen LogP contribution in [-0.4, -0.2) is 19.1 Å². The van der Waals surface area contributed by atoms with Crippen molar-refractivity contribution in [1.29, 1.82) is 0 Å². The van der Waals surface area contributed by atoms with Crippen molar-refractivity contribution in [2.45, 2.75) is 12.3 Å². The van der Waals surface area contributed by atoms with Gasteiger partial charge >= 0.3 is 0 Å². The molecule has 0 spiro atoms. The zero-order chi connectivity index (χ0) is 34.1. The Kier molecular flexibility index (Phi) is 5.34. The van der Waals surface area contributed by atoms with Crippen molar-refractivity contribution < 1.29 is 0 Å². The Morgan fingerprint density at radius 3 is 1.98 bits per heavy atom. The van der Waals surface area contributed by atoms with Gasteiger partial charge in [-0.15, -0.1) is 0 Å². The van der Waals surface area contributed by atoms with Crippen LogP contribution in [-0.2, 0) is 5.41 Å². The van der Waals surface area contributed by atoms with Crippen LogP contribution in [0.4, 0.5) is 0 Å². The van der Waals surface area contributed by atoms with Crippen molar-refractivity contribution in [3.63, 3.8) is 0 Å². The maximum Gasteiger partial charge on any atom is 0.162 e. The fourth-order valence-corrected chi connectivity index (χ4v) is 9.41. The third-order valence-corrected chi connectivity index (χ3v) is 11.7. The normalized spacial score (nSPS) is 15.5. The average molecular weight is 663 g/mol. The highest BCUT2D eigenvalue weighted by atomic mass is 15.0. The summed E-state index contributed by atoms with van der Waals surface area (Å²) >= 11 is 0. The summed E-state index contributed by atoms with van der Waals surface area (Å²) < 4.78 is 4.86. The molecule has 1 unspecified atom stereocenters. The summed E-state index contributed by atoms with van der Waals surface area (Å²) in [5.74, 6) is 0.742. The van der Waals surface area contributed by atoms with Crippen molar-refractivity contribution >= 4 is 43.6 Å². The van der Waals surface area contributed by atoms with E-state index in [-0.39, 0.29) is 0 Å². The third-order valence-electron chi connectivity index (χ3n) is 11.7. The quantitative estimate of drug-likeness (QED) is 0.185. The predicted octanol–water partition coefficient (Wildman–Crippen LogP) is 11.7. The zero-order valence-corrected chi connectivity index (χ0v) is 28.4. The molecule has 0 saturated carbocycles. The molecule has 1 atom stereocenters. The number of nitrogens with zero attached hydrogens (tertiary/aromatic N) is 4. The first-order valence-electron chi connectivity index (χ1n) is 17.9. The second-order valence-corrected chi connectivity index (χ2v) is 14.3. The zero-order valence-electron chi connectivity index (χ0n) is 28.4. The molecule has 0 fully saturated rings. The Morgan fingerprint density at radius 2 is 1.13 bits per heavy atom. The van der Waals surface area contributed by atoms with E-state index in [0.29, 0.717) is 0 Å². The Hall–Kier alpha value is -6.78. The molecule has 6 bridgehead atoms. The van der Waals surface area contributed by atoms with E-state index in [2.05, 4.69) is 180 Å². The van der Waals surface area contributed by atoms with E-state index < -0.39 is 5.41 Å². The highest BCUT2D eigenvalue weighted by molar-refractivity contribution is 6.29. The van der Waals surface area contributed by atoms with Gasteiger partial charge in [0, 0.05) is 43.9 Å². The summed E-state index contributed by atoms with van der Waals surface area (Å²) in [6.07, 6.45) is 0. The SMILES string of the molecule is CC12c3ccc4c(c3)c3c5c6ccccc6n(-c6ccccc6)c5ccc3n4-c3ccccc3-c3nc(-c4ccccc4)c(c1n3)-c1ccccc12. The molecule has 2 aliphatic heterocycles. The number of para-hydroxylation sites is 3. The van der Waals surface area contributed by atoms with Gasteiger partial charge in [-0.3, -0.25) is 0 Å². The van der Waals surface area contributed by atoms with Crippen LogP contribution in [0.2, 0.25) is 0 Å². The first-order valence-corrected chi connectivity index (χ1v) is 17.9. The van der Waals surface area contributed by atoms with E-state index in [9.17, 15) is 0 Å². The number of benzene rings is 7. The van der Waals surface area contributed by atoms with Gasteiger partial charge in [-0.2, -0.15) is 0 Å². The molecule has 13 rings (SSSR count). The number of rotatable bonds is 2. The fourth-order valence-electron chi connectivity index (χ4n) is 9.41. The molecule has 7 aromatic carbocycles. The molecule has 10 aromatic rings. The lowest BCUT2D eigenvalue weighted by molar-refractivity contribution is 0.687. The Morgan fingerprint density at radius 1 is 0.500 bits per heavy atom. The van der Waals surface area contributed by atoms with Gasteiger partial charge in [-0.05, 0) is 78.2 Å². The minimum absolute atomic E-state index is 0.513. The van der Waals surface area contributed by atoms with Gasteiger partial charge < -0.3 is 9.13 Å². The van der Waals surface area contributed by atoms with Crippen LogP contribution in [0.5, 0.6) is 0 Å². The Bertz CT molecular complexity index is 3130. The van der Waals surface area contributed by atoms with E-state index >= 15 is 0 Å². The monoisotopic (exact) mass is 662 g/mol. The molecule has 4 heteroatoms. The molecule has 0 amide bonds. The van der Waals surface area contributed by atoms with Crippen LogP contribution in [0.15, 0.2) is 164 Å². The van der Waals surface area contributed by atoms with Gasteiger partial charge in [0.1, 0.15) is 0 Å². The Balaban J connectivity index is 1.30. The molecule has 4 nitrogen and oxygen atoms in total. The smallest absolute Gasteiger partial charge is 0.162 e. The molecular weight excluding hydrogens is 633 g/mol. The summed E-state index contributed by atoms with van der Waals surface area (Å²) in [7, 11) is 0. The molecule has 1 aliphatic carbocycles. The van der Waals surface area contributed by atoms with E-state index in [1.54, 1.807) is 0 Å². The summed E-state index contributed by atoms with van der Waals surface area (Å²) in [4.78, 5) is 11.1. The summed E-state index contributed by atoms with van der Waals surface area (Å²) in [6, 6.07) is 59.5. The predicted molar refractivity (Wildman–Crippen MR) is 213 cm³/mol. The maximum atomic E-state index is 5.58. The average Bonchev–Trinajstić information content (AvgIpc) is 3.81.